The summed E-state index contributed by atoms with van der Waals surface area (Å²) in [5.74, 6) is -0.844. The molecule has 1 atom stereocenters. The van der Waals surface area contributed by atoms with Crippen molar-refractivity contribution in [3.05, 3.63) is 47.1 Å². The van der Waals surface area contributed by atoms with Crippen LogP contribution in [0, 0.1) is 18.2 Å². The molecule has 2 aromatic rings. The number of amides is 2. The lowest BCUT2D eigenvalue weighted by Gasteiger charge is -2.46. The van der Waals surface area contributed by atoms with Crippen LogP contribution >= 0.6 is 0 Å². The predicted octanol–water partition coefficient (Wildman–Crippen LogP) is 2.40. The summed E-state index contributed by atoms with van der Waals surface area (Å²) in [5.41, 5.74) is 4.14. The number of nitrogens with one attached hydrogen (secondary N) is 1. The number of hydrogen-bond acceptors (Lipinski definition) is 6. The van der Waals surface area contributed by atoms with Crippen molar-refractivity contribution in [3.8, 4) is 0 Å². The van der Waals surface area contributed by atoms with Gasteiger partial charge in [-0.15, -0.1) is 0 Å². The number of nitrogens with two attached hydrogens (primary N) is 1. The maximum atomic E-state index is 14.8. The van der Waals surface area contributed by atoms with Gasteiger partial charge in [0, 0.05) is 24.4 Å². The zero-order valence-corrected chi connectivity index (χ0v) is 16.3. The van der Waals surface area contributed by atoms with Crippen molar-refractivity contribution in [3.63, 3.8) is 0 Å². The number of hydrogen-bond donors (Lipinski definition) is 2. The van der Waals surface area contributed by atoms with Crippen molar-refractivity contribution in [2.75, 3.05) is 12.4 Å². The topological polar surface area (TPSA) is 114 Å². The van der Waals surface area contributed by atoms with E-state index in [4.69, 9.17) is 10.3 Å². The molecule has 28 heavy (non-hydrogen) atoms. The average Bonchev–Trinajstić information content (AvgIpc) is 3.07. The molecular formula is C19H22FN5O3. The van der Waals surface area contributed by atoms with E-state index >= 15 is 0 Å². The summed E-state index contributed by atoms with van der Waals surface area (Å²) < 4.78 is 19.7. The lowest BCUT2D eigenvalue weighted by molar-refractivity contribution is -0.140. The first-order chi connectivity index (χ1) is 13.0. The SMILES string of the molecule is Cc1cc(C(=O)Nc2ccc(F)c([C@@]3(C)N=C(N)N(C)C(=O)C3(C)C)c2)no1. The Bertz CT molecular complexity index is 997. The van der Waals surface area contributed by atoms with E-state index in [9.17, 15) is 14.0 Å². The van der Waals surface area contributed by atoms with Gasteiger partial charge in [-0.2, -0.15) is 0 Å². The van der Waals surface area contributed by atoms with Crippen molar-refractivity contribution in [2.24, 2.45) is 16.1 Å². The van der Waals surface area contributed by atoms with E-state index in [1.54, 1.807) is 27.7 Å². The van der Waals surface area contributed by atoms with E-state index < -0.39 is 22.7 Å². The van der Waals surface area contributed by atoms with Crippen LogP contribution < -0.4 is 11.1 Å². The summed E-state index contributed by atoms with van der Waals surface area (Å²) in [6.45, 7) is 6.69. The Hall–Kier alpha value is -3.23. The molecule has 2 heterocycles. The molecule has 0 spiro atoms. The van der Waals surface area contributed by atoms with Gasteiger partial charge in [-0.3, -0.25) is 14.5 Å². The van der Waals surface area contributed by atoms with E-state index in [2.05, 4.69) is 15.5 Å². The standard InChI is InChI=1S/C19H22FN5O3/c1-10-8-14(24-28-10)15(26)22-11-6-7-13(20)12(9-11)19(4)18(2,3)16(27)25(5)17(21)23-19/h6-9H,1-5H3,(H2,21,23)(H,22,26)/t19-/m1/s1. The highest BCUT2D eigenvalue weighted by atomic mass is 19.1. The van der Waals surface area contributed by atoms with Gasteiger partial charge in [0.15, 0.2) is 11.7 Å². The quantitative estimate of drug-likeness (QED) is 0.839. The molecule has 2 amide bonds. The number of aryl methyl sites for hydroxylation is 1. The number of rotatable bonds is 3. The number of anilines is 1. The highest BCUT2D eigenvalue weighted by Crippen LogP contribution is 2.47. The lowest BCUT2D eigenvalue weighted by atomic mass is 9.67. The number of guanidine groups is 1. The number of carbonyl (C=O) groups is 2. The van der Waals surface area contributed by atoms with Crippen molar-refractivity contribution >= 4 is 23.5 Å². The smallest absolute Gasteiger partial charge is 0.277 e. The fourth-order valence-corrected chi connectivity index (χ4v) is 3.22. The van der Waals surface area contributed by atoms with Gasteiger partial charge in [-0.25, -0.2) is 9.38 Å². The molecule has 9 heteroatoms. The second-order valence-corrected chi connectivity index (χ2v) is 7.50. The maximum absolute atomic E-state index is 14.8. The summed E-state index contributed by atoms with van der Waals surface area (Å²) in [6.07, 6.45) is 0. The third kappa shape index (κ3) is 2.92. The largest absolute Gasteiger partial charge is 0.369 e. The number of carbonyl (C=O) groups excluding carboxylic acids is 2. The predicted molar refractivity (Wildman–Crippen MR) is 101 cm³/mol. The van der Waals surface area contributed by atoms with E-state index in [0.717, 1.165) is 0 Å². The minimum Gasteiger partial charge on any atom is -0.369 e. The van der Waals surface area contributed by atoms with Crippen LogP contribution in [0.5, 0.6) is 0 Å². The van der Waals surface area contributed by atoms with Crippen molar-refractivity contribution in [1.29, 1.82) is 0 Å². The third-order valence-electron chi connectivity index (χ3n) is 5.35. The van der Waals surface area contributed by atoms with E-state index in [1.165, 1.54) is 36.2 Å². The molecule has 3 N–H and O–H groups in total. The summed E-state index contributed by atoms with van der Waals surface area (Å²) in [4.78, 5) is 30.8. The Kier molecular flexibility index (Phi) is 4.49. The number of benzene rings is 1. The van der Waals surface area contributed by atoms with Gasteiger partial charge >= 0.3 is 0 Å². The second kappa shape index (κ2) is 6.43. The van der Waals surface area contributed by atoms with Crippen LogP contribution in [0.2, 0.25) is 0 Å². The van der Waals surface area contributed by atoms with E-state index in [0.29, 0.717) is 11.4 Å². The monoisotopic (exact) mass is 387 g/mol. The average molecular weight is 387 g/mol. The van der Waals surface area contributed by atoms with E-state index in [-0.39, 0.29) is 23.1 Å². The fourth-order valence-electron chi connectivity index (χ4n) is 3.22. The van der Waals surface area contributed by atoms with Gasteiger partial charge < -0.3 is 15.6 Å². The molecule has 3 rings (SSSR count). The lowest BCUT2D eigenvalue weighted by Crippen LogP contribution is -2.58. The molecule has 0 saturated heterocycles. The van der Waals surface area contributed by atoms with Crippen LogP contribution in [0.25, 0.3) is 0 Å². The van der Waals surface area contributed by atoms with E-state index in [1.807, 2.05) is 0 Å². The second-order valence-electron chi connectivity index (χ2n) is 7.50. The zero-order chi connectivity index (χ0) is 20.9. The van der Waals surface area contributed by atoms with Crippen LogP contribution in [-0.2, 0) is 10.3 Å². The Morgan fingerprint density at radius 1 is 1.29 bits per heavy atom. The van der Waals surface area contributed by atoms with Crippen LogP contribution in [0.4, 0.5) is 10.1 Å². The Morgan fingerprint density at radius 3 is 2.57 bits per heavy atom. The van der Waals surface area contributed by atoms with Gasteiger partial charge in [-0.05, 0) is 45.9 Å². The van der Waals surface area contributed by atoms with Crippen LogP contribution in [-0.4, -0.2) is 34.9 Å². The maximum Gasteiger partial charge on any atom is 0.277 e. The molecule has 0 fully saturated rings. The summed E-state index contributed by atoms with van der Waals surface area (Å²) in [6, 6.07) is 5.58. The Labute approximate surface area is 161 Å². The molecule has 0 aliphatic carbocycles. The molecule has 0 unspecified atom stereocenters. The number of aliphatic imine (C=N–C) groups is 1. The zero-order valence-electron chi connectivity index (χ0n) is 16.3. The van der Waals surface area contributed by atoms with Crippen molar-refractivity contribution in [2.45, 2.75) is 33.2 Å². The van der Waals surface area contributed by atoms with Crippen molar-refractivity contribution in [1.82, 2.24) is 10.1 Å². The first-order valence-electron chi connectivity index (χ1n) is 8.65. The minimum atomic E-state index is -1.27. The third-order valence-corrected chi connectivity index (χ3v) is 5.35. The minimum absolute atomic E-state index is 0.00117. The summed E-state index contributed by atoms with van der Waals surface area (Å²) in [7, 11) is 1.52. The molecule has 1 aromatic heterocycles. The molecule has 1 aromatic carbocycles. The molecule has 1 aliphatic rings. The number of aromatic nitrogens is 1. The van der Waals surface area contributed by atoms with Gasteiger partial charge in [0.05, 0.1) is 5.41 Å². The summed E-state index contributed by atoms with van der Waals surface area (Å²) in [5, 5.41) is 6.31. The van der Waals surface area contributed by atoms with Gasteiger partial charge in [0.1, 0.15) is 17.1 Å². The molecule has 8 nitrogen and oxygen atoms in total. The van der Waals surface area contributed by atoms with Gasteiger partial charge in [-0.1, -0.05) is 5.16 Å². The molecule has 148 valence electrons. The normalized spacial score (nSPS) is 21.4. The number of halogens is 1. The van der Waals surface area contributed by atoms with Gasteiger partial charge in [0.2, 0.25) is 5.91 Å². The molecular weight excluding hydrogens is 365 g/mol. The van der Waals surface area contributed by atoms with Crippen LogP contribution in [0.15, 0.2) is 33.8 Å². The molecule has 0 radical (unpaired) electrons. The summed E-state index contributed by atoms with van der Waals surface area (Å²) >= 11 is 0. The molecule has 0 saturated carbocycles. The first-order valence-corrected chi connectivity index (χ1v) is 8.65. The van der Waals surface area contributed by atoms with Crippen LogP contribution in [0.1, 0.15) is 42.6 Å². The van der Waals surface area contributed by atoms with Gasteiger partial charge in [0.25, 0.3) is 5.91 Å². The Morgan fingerprint density at radius 2 is 1.96 bits per heavy atom. The fraction of sp³-hybridized carbons (Fsp3) is 0.368. The highest BCUT2D eigenvalue weighted by molar-refractivity contribution is 6.03. The van der Waals surface area contributed by atoms with Crippen molar-refractivity contribution < 1.29 is 18.5 Å². The molecule has 0 bridgehead atoms. The first kappa shape index (κ1) is 19.5. The Balaban J connectivity index is 2.04. The highest BCUT2D eigenvalue weighted by Gasteiger charge is 2.53. The number of nitrogens with zero attached hydrogens (tertiary/aromatic N) is 3. The van der Waals surface area contributed by atoms with Crippen LogP contribution in [0.3, 0.4) is 0 Å². The molecule has 1 aliphatic heterocycles.